The largest absolute Gasteiger partial charge is 0.416 e. The van der Waals surface area contributed by atoms with E-state index in [1.807, 2.05) is 0 Å². The van der Waals surface area contributed by atoms with Crippen molar-refractivity contribution in [3.05, 3.63) is 47.3 Å². The van der Waals surface area contributed by atoms with E-state index in [2.05, 4.69) is 6.58 Å². The van der Waals surface area contributed by atoms with Crippen molar-refractivity contribution in [2.45, 2.75) is 24.8 Å². The lowest BCUT2D eigenvalue weighted by Crippen LogP contribution is -2.21. The van der Waals surface area contributed by atoms with Crippen molar-refractivity contribution in [3.8, 4) is 0 Å². The summed E-state index contributed by atoms with van der Waals surface area (Å²) in [6, 6.07) is -1.55. The van der Waals surface area contributed by atoms with Crippen molar-refractivity contribution in [1.82, 2.24) is 0 Å². The minimum absolute atomic E-state index is 0.00746. The van der Waals surface area contributed by atoms with Crippen molar-refractivity contribution in [1.29, 1.82) is 0 Å². The lowest BCUT2D eigenvalue weighted by molar-refractivity contribution is -0.144. The van der Waals surface area contributed by atoms with Crippen molar-refractivity contribution >= 4 is 0 Å². The molecule has 2 N–H and O–H groups in total. The first-order valence-corrected chi connectivity index (χ1v) is 5.32. The molecule has 20 heavy (non-hydrogen) atoms. The number of hydrogen-bond acceptors (Lipinski definition) is 1. The number of benzene rings is 1. The third kappa shape index (κ3) is 3.50. The molecule has 0 fully saturated rings. The van der Waals surface area contributed by atoms with E-state index in [1.165, 1.54) is 0 Å². The van der Waals surface area contributed by atoms with Crippen molar-refractivity contribution < 1.29 is 30.7 Å². The molecule has 1 atom stereocenters. The fourth-order valence-corrected chi connectivity index (χ4v) is 1.69. The minimum atomic E-state index is -5.14. The van der Waals surface area contributed by atoms with E-state index in [0.29, 0.717) is 0 Å². The van der Waals surface area contributed by atoms with E-state index in [1.54, 1.807) is 0 Å². The topological polar surface area (TPSA) is 26.0 Å². The first-order chi connectivity index (χ1) is 8.98. The van der Waals surface area contributed by atoms with Crippen LogP contribution in [0, 0.1) is 5.82 Å². The lowest BCUT2D eigenvalue weighted by atomic mass is 9.95. The van der Waals surface area contributed by atoms with Crippen LogP contribution in [0.4, 0.5) is 30.7 Å². The molecule has 112 valence electrons. The molecule has 8 heteroatoms. The Balaban J connectivity index is 3.55. The Hall–Kier alpha value is -1.57. The summed E-state index contributed by atoms with van der Waals surface area (Å²) in [5.41, 5.74) is 0.941. The summed E-state index contributed by atoms with van der Waals surface area (Å²) in [7, 11) is 0. The molecule has 0 saturated heterocycles. The zero-order valence-corrected chi connectivity index (χ0v) is 9.95. The highest BCUT2D eigenvalue weighted by Crippen LogP contribution is 2.40. The predicted octanol–water partition coefficient (Wildman–Crippen LogP) is 4.44. The molecule has 0 aliphatic heterocycles. The zero-order valence-electron chi connectivity index (χ0n) is 9.95. The molecule has 0 unspecified atom stereocenters. The molecule has 0 bridgehead atoms. The number of rotatable bonds is 3. The maximum absolute atomic E-state index is 13.6. The van der Waals surface area contributed by atoms with Gasteiger partial charge in [-0.15, -0.1) is 6.58 Å². The van der Waals surface area contributed by atoms with Gasteiger partial charge in [-0.05, 0) is 18.6 Å². The Morgan fingerprint density at radius 1 is 1.10 bits per heavy atom. The van der Waals surface area contributed by atoms with Crippen LogP contribution in [0.15, 0.2) is 24.8 Å². The molecule has 0 spiro atoms. The molecule has 0 aromatic heterocycles. The van der Waals surface area contributed by atoms with Gasteiger partial charge < -0.3 is 5.73 Å². The highest BCUT2D eigenvalue weighted by atomic mass is 19.4. The Bertz CT molecular complexity index is 502. The second-order valence-corrected chi connectivity index (χ2v) is 4.05. The van der Waals surface area contributed by atoms with E-state index in [-0.39, 0.29) is 18.6 Å². The summed E-state index contributed by atoms with van der Waals surface area (Å²) in [6.07, 6.45) is -9.27. The molecule has 0 aliphatic carbocycles. The Morgan fingerprint density at radius 3 is 2.05 bits per heavy atom. The third-order valence-corrected chi connectivity index (χ3v) is 2.55. The van der Waals surface area contributed by atoms with Crippen molar-refractivity contribution in [2.75, 3.05) is 0 Å². The van der Waals surface area contributed by atoms with Gasteiger partial charge in [0.2, 0.25) is 0 Å². The smallest absolute Gasteiger partial charge is 0.324 e. The summed E-state index contributed by atoms with van der Waals surface area (Å²) in [6.45, 7) is 3.24. The Labute approximate surface area is 109 Å². The van der Waals surface area contributed by atoms with Crippen LogP contribution in [0.5, 0.6) is 0 Å². The summed E-state index contributed by atoms with van der Waals surface area (Å²) in [5.74, 6) is -1.64. The van der Waals surface area contributed by atoms with E-state index in [9.17, 15) is 30.7 Å². The molecule has 1 aromatic rings. The van der Waals surface area contributed by atoms with Gasteiger partial charge in [0.25, 0.3) is 0 Å². The van der Waals surface area contributed by atoms with E-state index >= 15 is 0 Å². The molecule has 1 nitrogen and oxygen atoms in total. The highest BCUT2D eigenvalue weighted by molar-refractivity contribution is 5.39. The summed E-state index contributed by atoms with van der Waals surface area (Å²) >= 11 is 0. The standard InChI is InChI=1S/C12H10F7N/c1-2-3-9(20)10-7(12(17,18)19)4-6(5-8(10)13)11(14,15)16/h2,4-5,9H,1,3,20H2/t9-/m0/s1. The Kier molecular flexibility index (Phi) is 4.48. The van der Waals surface area contributed by atoms with Crippen molar-refractivity contribution in [3.63, 3.8) is 0 Å². The number of nitrogens with two attached hydrogens (primary N) is 1. The van der Waals surface area contributed by atoms with Crippen LogP contribution >= 0.6 is 0 Å². The Morgan fingerprint density at radius 2 is 1.65 bits per heavy atom. The molecule has 0 heterocycles. The third-order valence-electron chi connectivity index (χ3n) is 2.55. The van der Waals surface area contributed by atoms with Crippen LogP contribution in [0.25, 0.3) is 0 Å². The van der Waals surface area contributed by atoms with Crippen LogP contribution in [0.2, 0.25) is 0 Å². The van der Waals surface area contributed by atoms with Crippen LogP contribution in [0.3, 0.4) is 0 Å². The number of alkyl halides is 6. The SMILES string of the molecule is C=CC[C@H](N)c1c(F)cc(C(F)(F)F)cc1C(F)(F)F. The van der Waals surface area contributed by atoms with Crippen LogP contribution in [0.1, 0.15) is 29.2 Å². The molecule has 1 aromatic carbocycles. The van der Waals surface area contributed by atoms with Gasteiger partial charge in [0, 0.05) is 11.6 Å². The normalized spacial score (nSPS) is 14.2. The van der Waals surface area contributed by atoms with E-state index in [0.717, 1.165) is 6.08 Å². The lowest BCUT2D eigenvalue weighted by Gasteiger charge is -2.20. The van der Waals surface area contributed by atoms with E-state index in [4.69, 9.17) is 5.73 Å². The summed E-state index contributed by atoms with van der Waals surface area (Å²) in [4.78, 5) is 0. The fourth-order valence-electron chi connectivity index (χ4n) is 1.69. The molecule has 0 saturated carbocycles. The second-order valence-electron chi connectivity index (χ2n) is 4.05. The van der Waals surface area contributed by atoms with Crippen LogP contribution in [-0.2, 0) is 12.4 Å². The summed E-state index contributed by atoms with van der Waals surface area (Å²) in [5, 5.41) is 0. The molecule has 0 aliphatic rings. The number of hydrogen-bond donors (Lipinski definition) is 1. The minimum Gasteiger partial charge on any atom is -0.324 e. The van der Waals surface area contributed by atoms with Crippen LogP contribution < -0.4 is 5.73 Å². The van der Waals surface area contributed by atoms with Gasteiger partial charge >= 0.3 is 12.4 Å². The zero-order chi connectivity index (χ0) is 15.7. The molecule has 0 amide bonds. The molecular formula is C12H10F7N. The van der Waals surface area contributed by atoms with Gasteiger partial charge in [0.15, 0.2) is 0 Å². The van der Waals surface area contributed by atoms with Crippen molar-refractivity contribution in [2.24, 2.45) is 5.73 Å². The van der Waals surface area contributed by atoms with Crippen LogP contribution in [-0.4, -0.2) is 0 Å². The quantitative estimate of drug-likeness (QED) is 0.648. The maximum Gasteiger partial charge on any atom is 0.416 e. The average molecular weight is 301 g/mol. The van der Waals surface area contributed by atoms with Gasteiger partial charge in [-0.3, -0.25) is 0 Å². The van der Waals surface area contributed by atoms with Gasteiger partial charge in [-0.25, -0.2) is 4.39 Å². The molecule has 0 radical (unpaired) electrons. The maximum atomic E-state index is 13.6. The average Bonchev–Trinajstić information content (AvgIpc) is 2.25. The predicted molar refractivity (Wildman–Crippen MR) is 58.1 cm³/mol. The van der Waals surface area contributed by atoms with E-state index < -0.39 is 40.9 Å². The molecule has 1 rings (SSSR count). The monoisotopic (exact) mass is 301 g/mol. The fraction of sp³-hybridized carbons (Fsp3) is 0.333. The summed E-state index contributed by atoms with van der Waals surface area (Å²) < 4.78 is 89.3. The van der Waals surface area contributed by atoms with Gasteiger partial charge in [-0.1, -0.05) is 6.08 Å². The second kappa shape index (κ2) is 5.43. The molecular weight excluding hydrogens is 291 g/mol. The van der Waals surface area contributed by atoms with Gasteiger partial charge in [-0.2, -0.15) is 26.3 Å². The first-order valence-electron chi connectivity index (χ1n) is 5.32. The van der Waals surface area contributed by atoms with Gasteiger partial charge in [0.1, 0.15) is 5.82 Å². The van der Waals surface area contributed by atoms with Gasteiger partial charge in [0.05, 0.1) is 11.1 Å². The highest BCUT2D eigenvalue weighted by Gasteiger charge is 2.40. The number of halogens is 7. The first kappa shape index (κ1) is 16.5.